The number of fused-ring (bicyclic) bond motifs is 1. The van der Waals surface area contributed by atoms with E-state index in [1.165, 1.54) is 46.4 Å². The number of ether oxygens (including phenoxy) is 1. The number of aryl methyl sites for hydroxylation is 2. The molecule has 0 radical (unpaired) electrons. The SMILES string of the molecule is CCOC(=O)c1c(-c2ccc3c(c2CCc2ccccc2)CCCC3)csc1N. The highest BCUT2D eigenvalue weighted by molar-refractivity contribution is 7.15. The zero-order chi connectivity index (χ0) is 20.2. The number of rotatable bonds is 6. The van der Waals surface area contributed by atoms with E-state index in [1.807, 2.05) is 12.3 Å². The standard InChI is InChI=1S/C25H27NO2S/c1-2-28-25(27)23-22(16-29-24(23)26)21-15-13-18-10-6-7-11-19(18)20(21)14-12-17-8-4-3-5-9-17/h3-5,8-9,13,15-16H,2,6-7,10-12,14,26H2,1H3. The predicted molar refractivity (Wildman–Crippen MR) is 121 cm³/mol. The lowest BCUT2D eigenvalue weighted by molar-refractivity contribution is 0.0529. The van der Waals surface area contributed by atoms with Gasteiger partial charge in [0, 0.05) is 10.9 Å². The number of nitrogens with two attached hydrogens (primary N) is 1. The van der Waals surface area contributed by atoms with Crippen molar-refractivity contribution >= 4 is 22.3 Å². The van der Waals surface area contributed by atoms with Crippen molar-refractivity contribution in [1.29, 1.82) is 0 Å². The van der Waals surface area contributed by atoms with Gasteiger partial charge in [-0.25, -0.2) is 4.79 Å². The number of hydrogen-bond donors (Lipinski definition) is 1. The summed E-state index contributed by atoms with van der Waals surface area (Å²) in [5, 5.41) is 2.54. The molecule has 0 unspecified atom stereocenters. The van der Waals surface area contributed by atoms with Crippen LogP contribution >= 0.6 is 11.3 Å². The van der Waals surface area contributed by atoms with E-state index in [9.17, 15) is 4.79 Å². The summed E-state index contributed by atoms with van der Waals surface area (Å²) in [4.78, 5) is 12.6. The Hall–Kier alpha value is -2.59. The van der Waals surface area contributed by atoms with Crippen LogP contribution in [0, 0.1) is 0 Å². The number of esters is 1. The Kier molecular flexibility index (Phi) is 6.00. The molecule has 0 bridgehead atoms. The number of carbonyl (C=O) groups excluding carboxylic acids is 1. The molecular weight excluding hydrogens is 378 g/mol. The van der Waals surface area contributed by atoms with Crippen LogP contribution in [0.1, 0.15) is 52.4 Å². The van der Waals surface area contributed by atoms with Crippen LogP contribution in [0.15, 0.2) is 47.8 Å². The Balaban J connectivity index is 1.79. The summed E-state index contributed by atoms with van der Waals surface area (Å²) < 4.78 is 5.30. The molecule has 0 saturated heterocycles. The molecule has 4 heteroatoms. The molecule has 150 valence electrons. The summed E-state index contributed by atoms with van der Waals surface area (Å²) >= 11 is 1.42. The van der Waals surface area contributed by atoms with Gasteiger partial charge in [-0.1, -0.05) is 42.5 Å². The van der Waals surface area contributed by atoms with E-state index >= 15 is 0 Å². The maximum atomic E-state index is 12.6. The van der Waals surface area contributed by atoms with Crippen LogP contribution in [0.2, 0.25) is 0 Å². The Bertz CT molecular complexity index is 1010. The second-order valence-electron chi connectivity index (χ2n) is 7.53. The van der Waals surface area contributed by atoms with Crippen LogP contribution in [0.5, 0.6) is 0 Å². The predicted octanol–water partition coefficient (Wildman–Crippen LogP) is 5.84. The average molecular weight is 406 g/mol. The zero-order valence-corrected chi connectivity index (χ0v) is 17.7. The van der Waals surface area contributed by atoms with Gasteiger partial charge in [-0.05, 0) is 73.3 Å². The molecule has 0 spiro atoms. The van der Waals surface area contributed by atoms with Gasteiger partial charge in [0.05, 0.1) is 6.61 Å². The number of hydrogen-bond acceptors (Lipinski definition) is 4. The maximum absolute atomic E-state index is 12.6. The summed E-state index contributed by atoms with van der Waals surface area (Å²) in [6.07, 6.45) is 6.68. The lowest BCUT2D eigenvalue weighted by atomic mass is 9.82. The van der Waals surface area contributed by atoms with Crippen molar-refractivity contribution in [2.45, 2.75) is 45.4 Å². The first-order valence-electron chi connectivity index (χ1n) is 10.4. The summed E-state index contributed by atoms with van der Waals surface area (Å²) in [6, 6.07) is 15.0. The molecule has 1 heterocycles. The van der Waals surface area contributed by atoms with Crippen molar-refractivity contribution in [2.75, 3.05) is 12.3 Å². The molecule has 0 amide bonds. The van der Waals surface area contributed by atoms with Crippen molar-refractivity contribution in [1.82, 2.24) is 0 Å². The molecule has 2 aromatic carbocycles. The third-order valence-electron chi connectivity index (χ3n) is 5.75. The third kappa shape index (κ3) is 4.08. The van der Waals surface area contributed by atoms with Gasteiger partial charge >= 0.3 is 5.97 Å². The first-order valence-corrected chi connectivity index (χ1v) is 11.3. The van der Waals surface area contributed by atoms with Gasteiger partial charge in [0.2, 0.25) is 0 Å². The van der Waals surface area contributed by atoms with Crippen molar-refractivity contribution in [3.63, 3.8) is 0 Å². The normalized spacial score (nSPS) is 13.1. The highest BCUT2D eigenvalue weighted by atomic mass is 32.1. The Morgan fingerprint density at radius 2 is 1.83 bits per heavy atom. The van der Waals surface area contributed by atoms with Gasteiger partial charge in [0.15, 0.2) is 0 Å². The monoisotopic (exact) mass is 405 g/mol. The molecule has 2 N–H and O–H groups in total. The fourth-order valence-electron chi connectivity index (χ4n) is 4.34. The van der Waals surface area contributed by atoms with Crippen LogP contribution in [-0.2, 0) is 30.4 Å². The Labute approximate surface area is 176 Å². The van der Waals surface area contributed by atoms with E-state index in [0.29, 0.717) is 17.2 Å². The van der Waals surface area contributed by atoms with E-state index in [0.717, 1.165) is 36.8 Å². The summed E-state index contributed by atoms with van der Waals surface area (Å²) in [5.74, 6) is -0.326. The van der Waals surface area contributed by atoms with Gasteiger partial charge < -0.3 is 10.5 Å². The molecule has 0 saturated carbocycles. The van der Waals surface area contributed by atoms with Crippen molar-refractivity contribution in [3.05, 3.63) is 75.7 Å². The van der Waals surface area contributed by atoms with E-state index < -0.39 is 0 Å². The van der Waals surface area contributed by atoms with Gasteiger partial charge in [0.1, 0.15) is 10.6 Å². The van der Waals surface area contributed by atoms with E-state index in [1.54, 1.807) is 0 Å². The summed E-state index contributed by atoms with van der Waals surface area (Å²) in [7, 11) is 0. The lowest BCUT2D eigenvalue weighted by Gasteiger charge is -2.23. The molecule has 29 heavy (non-hydrogen) atoms. The number of thiophene rings is 1. The first-order chi connectivity index (χ1) is 14.2. The van der Waals surface area contributed by atoms with Gasteiger partial charge in [0.25, 0.3) is 0 Å². The smallest absolute Gasteiger partial charge is 0.341 e. The molecule has 0 fully saturated rings. The topological polar surface area (TPSA) is 52.3 Å². The summed E-state index contributed by atoms with van der Waals surface area (Å²) in [5.41, 5.74) is 14.4. The Morgan fingerprint density at radius 1 is 1.03 bits per heavy atom. The molecule has 0 atom stereocenters. The van der Waals surface area contributed by atoms with Crippen LogP contribution in [0.4, 0.5) is 5.00 Å². The van der Waals surface area contributed by atoms with Crippen LogP contribution in [-0.4, -0.2) is 12.6 Å². The van der Waals surface area contributed by atoms with Gasteiger partial charge in [-0.3, -0.25) is 0 Å². The molecule has 4 rings (SSSR count). The Morgan fingerprint density at radius 3 is 2.62 bits per heavy atom. The van der Waals surface area contributed by atoms with Crippen LogP contribution in [0.25, 0.3) is 11.1 Å². The molecule has 1 aliphatic carbocycles. The largest absolute Gasteiger partial charge is 0.462 e. The second-order valence-corrected chi connectivity index (χ2v) is 8.44. The molecule has 1 aliphatic rings. The molecule has 0 aliphatic heterocycles. The summed E-state index contributed by atoms with van der Waals surface area (Å²) in [6.45, 7) is 2.17. The average Bonchev–Trinajstić information content (AvgIpc) is 3.14. The molecule has 3 nitrogen and oxygen atoms in total. The minimum atomic E-state index is -0.326. The molecule has 3 aromatic rings. The lowest BCUT2D eigenvalue weighted by Crippen LogP contribution is -2.11. The second kappa shape index (κ2) is 8.83. The van der Waals surface area contributed by atoms with Crippen molar-refractivity contribution in [3.8, 4) is 11.1 Å². The van der Waals surface area contributed by atoms with E-state index in [4.69, 9.17) is 10.5 Å². The number of benzene rings is 2. The van der Waals surface area contributed by atoms with Crippen LogP contribution in [0.3, 0.4) is 0 Å². The van der Waals surface area contributed by atoms with Crippen molar-refractivity contribution < 1.29 is 9.53 Å². The number of nitrogen functional groups attached to an aromatic ring is 1. The highest BCUT2D eigenvalue weighted by Gasteiger charge is 2.24. The van der Waals surface area contributed by atoms with Crippen LogP contribution < -0.4 is 5.73 Å². The van der Waals surface area contributed by atoms with Crippen molar-refractivity contribution in [2.24, 2.45) is 0 Å². The van der Waals surface area contributed by atoms with E-state index in [-0.39, 0.29) is 5.97 Å². The third-order valence-corrected chi connectivity index (χ3v) is 6.56. The fourth-order valence-corrected chi connectivity index (χ4v) is 5.14. The molecule has 1 aromatic heterocycles. The maximum Gasteiger partial charge on any atom is 0.341 e. The zero-order valence-electron chi connectivity index (χ0n) is 16.9. The first kappa shape index (κ1) is 19.7. The van der Waals surface area contributed by atoms with E-state index in [2.05, 4.69) is 42.5 Å². The highest BCUT2D eigenvalue weighted by Crippen LogP contribution is 2.39. The fraction of sp³-hybridized carbons (Fsp3) is 0.320. The van der Waals surface area contributed by atoms with Gasteiger partial charge in [-0.15, -0.1) is 11.3 Å². The molecular formula is C25H27NO2S. The van der Waals surface area contributed by atoms with Gasteiger partial charge in [-0.2, -0.15) is 0 Å². The quantitative estimate of drug-likeness (QED) is 0.524. The number of carbonyl (C=O) groups is 1. The minimum absolute atomic E-state index is 0.326. The number of anilines is 1. The minimum Gasteiger partial charge on any atom is -0.462 e.